The van der Waals surface area contributed by atoms with Crippen LogP contribution in [0.25, 0.3) is 0 Å². The molecule has 0 aliphatic rings. The van der Waals surface area contributed by atoms with E-state index < -0.39 is 0 Å². The van der Waals surface area contributed by atoms with Gasteiger partial charge in [-0.25, -0.2) is 0 Å². The van der Waals surface area contributed by atoms with E-state index in [0.29, 0.717) is 17.9 Å². The Kier molecular flexibility index (Phi) is 10.7. The smallest absolute Gasteiger partial charge is 0.122 e. The summed E-state index contributed by atoms with van der Waals surface area (Å²) in [6.07, 6.45) is 12.5. The molecule has 0 saturated heterocycles. The van der Waals surface area contributed by atoms with Crippen molar-refractivity contribution in [2.75, 3.05) is 0 Å². The van der Waals surface area contributed by atoms with Gasteiger partial charge in [0.25, 0.3) is 0 Å². The molecule has 0 atom stereocenters. The molecule has 0 heterocycles. The summed E-state index contributed by atoms with van der Waals surface area (Å²) in [6.45, 7) is 17.7. The van der Waals surface area contributed by atoms with Crippen LogP contribution < -0.4 is 0 Å². The lowest BCUT2D eigenvalue weighted by atomic mass is 9.76. The second-order valence-electron chi connectivity index (χ2n) is 12.2. The van der Waals surface area contributed by atoms with Gasteiger partial charge in [0.15, 0.2) is 0 Å². The fraction of sp³-hybridized carbons (Fsp3) is 0.636. The van der Waals surface area contributed by atoms with Crippen molar-refractivity contribution in [1.29, 1.82) is 0 Å². The lowest BCUT2D eigenvalue weighted by Crippen LogP contribution is -2.19. The summed E-state index contributed by atoms with van der Waals surface area (Å²) in [5.74, 6) is 0.801. The van der Waals surface area contributed by atoms with Gasteiger partial charge >= 0.3 is 0 Å². The molecule has 2 aromatic rings. The molecule has 0 fully saturated rings. The van der Waals surface area contributed by atoms with E-state index in [1.807, 2.05) is 0 Å². The van der Waals surface area contributed by atoms with Crippen molar-refractivity contribution in [3.05, 3.63) is 57.6 Å². The highest BCUT2D eigenvalue weighted by molar-refractivity contribution is 5.53. The Hall–Kier alpha value is -1.96. The topological polar surface area (TPSA) is 40.5 Å². The van der Waals surface area contributed by atoms with Gasteiger partial charge in [-0.05, 0) is 48.6 Å². The molecule has 2 heteroatoms. The van der Waals surface area contributed by atoms with Crippen molar-refractivity contribution < 1.29 is 10.2 Å². The molecule has 0 aromatic heterocycles. The van der Waals surface area contributed by atoms with Gasteiger partial charge < -0.3 is 10.2 Å². The van der Waals surface area contributed by atoms with Gasteiger partial charge in [-0.3, -0.25) is 0 Å². The normalized spacial score (nSPS) is 12.3. The summed E-state index contributed by atoms with van der Waals surface area (Å²) in [6, 6.07) is 8.48. The Labute approximate surface area is 216 Å². The summed E-state index contributed by atoms with van der Waals surface area (Å²) in [5.41, 5.74) is 6.05. The Morgan fingerprint density at radius 3 is 1.29 bits per heavy atom. The predicted molar refractivity (Wildman–Crippen MR) is 152 cm³/mol. The van der Waals surface area contributed by atoms with Crippen molar-refractivity contribution in [3.8, 4) is 11.5 Å². The van der Waals surface area contributed by atoms with Crippen molar-refractivity contribution in [1.82, 2.24) is 0 Å². The molecule has 0 aliphatic heterocycles. The van der Waals surface area contributed by atoms with Gasteiger partial charge in [0, 0.05) is 17.5 Å². The van der Waals surface area contributed by atoms with Gasteiger partial charge in [0.1, 0.15) is 11.5 Å². The second-order valence-corrected chi connectivity index (χ2v) is 12.2. The van der Waals surface area contributed by atoms with Crippen LogP contribution in [0.2, 0.25) is 0 Å². The number of phenols is 2. The van der Waals surface area contributed by atoms with E-state index in [1.165, 1.54) is 51.4 Å². The highest BCUT2D eigenvalue weighted by Crippen LogP contribution is 2.42. The molecule has 196 valence electrons. The maximum absolute atomic E-state index is 11.4. The molecule has 2 nitrogen and oxygen atoms in total. The molecule has 35 heavy (non-hydrogen) atoms. The largest absolute Gasteiger partial charge is 0.507 e. The molecule has 2 aromatic carbocycles. The average Bonchev–Trinajstić information content (AvgIpc) is 2.78. The van der Waals surface area contributed by atoms with Crippen LogP contribution in [0.5, 0.6) is 11.5 Å². The minimum Gasteiger partial charge on any atom is -0.507 e. The molecule has 0 spiro atoms. The predicted octanol–water partition coefficient (Wildman–Crippen LogP) is 9.80. The molecule has 2 rings (SSSR count). The first-order chi connectivity index (χ1) is 16.4. The summed E-state index contributed by atoms with van der Waals surface area (Å²) >= 11 is 0. The highest BCUT2D eigenvalue weighted by atomic mass is 16.3. The maximum atomic E-state index is 11.4. The van der Waals surface area contributed by atoms with E-state index in [1.54, 1.807) is 0 Å². The first-order valence-electron chi connectivity index (χ1n) is 14.1. The average molecular weight is 481 g/mol. The summed E-state index contributed by atoms with van der Waals surface area (Å²) in [4.78, 5) is 0. The van der Waals surface area contributed by atoms with Crippen molar-refractivity contribution in [3.63, 3.8) is 0 Å². The molecule has 0 aliphatic carbocycles. The first kappa shape index (κ1) is 29.3. The number of hydrogen-bond acceptors (Lipinski definition) is 2. The number of benzene rings is 2. The quantitative estimate of drug-likeness (QED) is 0.264. The molecular weight excluding hydrogens is 428 g/mol. The van der Waals surface area contributed by atoms with Gasteiger partial charge in [-0.2, -0.15) is 0 Å². The molecule has 0 bridgehead atoms. The van der Waals surface area contributed by atoms with Gasteiger partial charge in [0.2, 0.25) is 0 Å². The van der Waals surface area contributed by atoms with E-state index in [-0.39, 0.29) is 10.8 Å². The molecule has 2 N–H and O–H groups in total. The molecule has 0 radical (unpaired) electrons. The van der Waals surface area contributed by atoms with E-state index in [2.05, 4.69) is 79.7 Å². The molecule has 0 unspecified atom stereocenters. The fourth-order valence-electron chi connectivity index (χ4n) is 5.47. The Balaban J connectivity index is 2.36. The fourth-order valence-corrected chi connectivity index (χ4v) is 5.47. The first-order valence-corrected chi connectivity index (χ1v) is 14.1. The number of phenolic OH excluding ortho intramolecular Hbond substituents is 2. The van der Waals surface area contributed by atoms with Crippen LogP contribution in [0, 0.1) is 13.8 Å². The van der Waals surface area contributed by atoms with E-state index in [9.17, 15) is 10.2 Å². The number of rotatable bonds is 14. The van der Waals surface area contributed by atoms with Crippen molar-refractivity contribution >= 4 is 0 Å². The minimum atomic E-state index is -0.0844. The van der Waals surface area contributed by atoms with Crippen molar-refractivity contribution in [2.24, 2.45) is 0 Å². The number of aryl methyl sites for hydroxylation is 2. The number of aromatic hydroxyl groups is 2. The maximum Gasteiger partial charge on any atom is 0.122 e. The Morgan fingerprint density at radius 2 is 0.943 bits per heavy atom. The minimum absolute atomic E-state index is 0.0844. The van der Waals surface area contributed by atoms with Crippen LogP contribution in [0.3, 0.4) is 0 Å². The monoisotopic (exact) mass is 480 g/mol. The van der Waals surface area contributed by atoms with E-state index in [4.69, 9.17) is 0 Å². The van der Waals surface area contributed by atoms with Gasteiger partial charge in [-0.15, -0.1) is 0 Å². The zero-order chi connectivity index (χ0) is 26.2. The molecule has 0 saturated carbocycles. The van der Waals surface area contributed by atoms with Crippen LogP contribution in [0.4, 0.5) is 0 Å². The Morgan fingerprint density at radius 1 is 0.571 bits per heavy atom. The highest BCUT2D eigenvalue weighted by Gasteiger charge is 2.28. The molecule has 0 amide bonds. The third-order valence-corrected chi connectivity index (χ3v) is 7.82. The molecular formula is C33H52O2. The second kappa shape index (κ2) is 12.8. The number of unbranched alkanes of at least 4 members (excludes halogenated alkanes) is 6. The van der Waals surface area contributed by atoms with Crippen LogP contribution in [-0.4, -0.2) is 10.2 Å². The third-order valence-electron chi connectivity index (χ3n) is 7.82. The van der Waals surface area contributed by atoms with Crippen molar-refractivity contribution in [2.45, 2.75) is 137 Å². The summed E-state index contributed by atoms with van der Waals surface area (Å²) < 4.78 is 0. The SMILES string of the molecule is CCCCCCC(C)(C)c1cc(C)cc(Cc2cc(C)cc(C(C)(C)CCCCCC)c2O)c1O. The summed E-state index contributed by atoms with van der Waals surface area (Å²) in [5, 5.41) is 22.8. The number of hydrogen-bond donors (Lipinski definition) is 2. The summed E-state index contributed by atoms with van der Waals surface area (Å²) in [7, 11) is 0. The standard InChI is InChI=1S/C33H52O2/c1-9-11-13-15-17-32(5,6)28-21-24(3)19-26(30(28)34)23-27-20-25(4)22-29(31(27)35)33(7,8)18-16-14-12-10-2/h19-22,34-35H,9-18,23H2,1-8H3. The van der Waals surface area contributed by atoms with Crippen LogP contribution in [0.1, 0.15) is 139 Å². The Bertz CT molecular complexity index is 875. The zero-order valence-electron chi connectivity index (χ0n) is 24.0. The van der Waals surface area contributed by atoms with Gasteiger partial charge in [0.05, 0.1) is 0 Å². The van der Waals surface area contributed by atoms with Crippen LogP contribution >= 0.6 is 0 Å². The van der Waals surface area contributed by atoms with Gasteiger partial charge in [-0.1, -0.05) is 128 Å². The third kappa shape index (κ3) is 8.02. The van der Waals surface area contributed by atoms with E-state index in [0.717, 1.165) is 46.2 Å². The zero-order valence-corrected chi connectivity index (χ0v) is 24.0. The van der Waals surface area contributed by atoms with Crippen LogP contribution in [-0.2, 0) is 17.3 Å². The van der Waals surface area contributed by atoms with E-state index >= 15 is 0 Å². The lowest BCUT2D eigenvalue weighted by molar-refractivity contribution is 0.400. The lowest BCUT2D eigenvalue weighted by Gasteiger charge is -2.29. The van der Waals surface area contributed by atoms with Crippen LogP contribution in [0.15, 0.2) is 24.3 Å².